The van der Waals surface area contributed by atoms with Crippen LogP contribution in [0.4, 0.5) is 5.69 Å². The van der Waals surface area contributed by atoms with Gasteiger partial charge in [0.1, 0.15) is 23.8 Å². The lowest BCUT2D eigenvalue weighted by atomic mass is 10.2. The van der Waals surface area contributed by atoms with E-state index in [-0.39, 0.29) is 24.2 Å². The van der Waals surface area contributed by atoms with Gasteiger partial charge in [-0.25, -0.2) is 4.98 Å². The largest absolute Gasteiger partial charge is 0.480 e. The van der Waals surface area contributed by atoms with E-state index in [9.17, 15) is 10.1 Å². The van der Waals surface area contributed by atoms with Crippen LogP contribution in [0.1, 0.15) is 12.5 Å². The van der Waals surface area contributed by atoms with Crippen molar-refractivity contribution >= 4 is 11.6 Å². The van der Waals surface area contributed by atoms with Gasteiger partial charge in [-0.2, -0.15) is 5.26 Å². The normalized spacial score (nSPS) is 24.0. The first-order valence-corrected chi connectivity index (χ1v) is 7.80. The Morgan fingerprint density at radius 2 is 2.08 bits per heavy atom. The Labute approximate surface area is 140 Å². The van der Waals surface area contributed by atoms with Gasteiger partial charge in [0.05, 0.1) is 32.1 Å². The van der Waals surface area contributed by atoms with Gasteiger partial charge in [0.15, 0.2) is 0 Å². The van der Waals surface area contributed by atoms with Crippen LogP contribution in [0.3, 0.4) is 0 Å². The Hall–Kier alpha value is -2.37. The topological polar surface area (TPSA) is 96.7 Å². The second-order valence-corrected chi connectivity index (χ2v) is 5.87. The summed E-state index contributed by atoms with van der Waals surface area (Å²) in [5.41, 5.74) is 1.18. The Morgan fingerprint density at radius 1 is 1.42 bits per heavy atom. The number of nitrogens with one attached hydrogen (secondary N) is 1. The van der Waals surface area contributed by atoms with Gasteiger partial charge >= 0.3 is 0 Å². The van der Waals surface area contributed by atoms with Crippen LogP contribution < -0.4 is 15.0 Å². The molecule has 0 radical (unpaired) electrons. The van der Waals surface area contributed by atoms with Crippen molar-refractivity contribution in [3.05, 3.63) is 17.8 Å². The molecule has 1 N–H and O–H groups in total. The Morgan fingerprint density at radius 3 is 2.62 bits per heavy atom. The standard InChI is InChI=1S/C16H20N4O4/c1-10(21)19-11-8-23-14-6-20(7-15(14)24-9-11)13-3-4-18-16(22-2)12(13)5-17/h3-4,11,14-15H,6-9H2,1-2H3,(H,19,21)/t14-,15-/m0/s1. The van der Waals surface area contributed by atoms with E-state index in [1.165, 1.54) is 14.0 Å². The summed E-state index contributed by atoms with van der Waals surface area (Å²) in [5.74, 6) is 0.220. The van der Waals surface area contributed by atoms with E-state index in [1.54, 1.807) is 12.3 Å². The van der Waals surface area contributed by atoms with Gasteiger partial charge in [0, 0.05) is 26.2 Å². The van der Waals surface area contributed by atoms with Crippen LogP contribution >= 0.6 is 0 Å². The number of pyridine rings is 1. The van der Waals surface area contributed by atoms with E-state index in [0.29, 0.717) is 37.7 Å². The molecule has 1 amide bonds. The first kappa shape index (κ1) is 16.5. The summed E-state index contributed by atoms with van der Waals surface area (Å²) >= 11 is 0. The van der Waals surface area contributed by atoms with Gasteiger partial charge in [-0.1, -0.05) is 0 Å². The Kier molecular flexibility index (Phi) is 4.83. The molecule has 1 aromatic rings. The molecule has 0 aromatic carbocycles. The van der Waals surface area contributed by atoms with E-state index < -0.39 is 0 Å². The van der Waals surface area contributed by atoms with Gasteiger partial charge in [-0.05, 0) is 6.07 Å². The van der Waals surface area contributed by atoms with Gasteiger partial charge in [-0.15, -0.1) is 0 Å². The van der Waals surface area contributed by atoms with Gasteiger partial charge in [0.25, 0.3) is 0 Å². The molecule has 0 bridgehead atoms. The summed E-state index contributed by atoms with van der Waals surface area (Å²) in [6, 6.07) is 3.83. The molecule has 0 aliphatic carbocycles. The number of aromatic nitrogens is 1. The molecule has 128 valence electrons. The van der Waals surface area contributed by atoms with Crippen LogP contribution in [0.5, 0.6) is 5.88 Å². The van der Waals surface area contributed by atoms with Crippen molar-refractivity contribution in [3.63, 3.8) is 0 Å². The van der Waals surface area contributed by atoms with Crippen molar-refractivity contribution in [2.45, 2.75) is 25.2 Å². The molecule has 2 saturated heterocycles. The number of nitriles is 1. The van der Waals surface area contributed by atoms with E-state index >= 15 is 0 Å². The summed E-state index contributed by atoms with van der Waals surface area (Å²) in [7, 11) is 1.50. The summed E-state index contributed by atoms with van der Waals surface area (Å²) in [5, 5.41) is 12.2. The molecule has 3 rings (SSSR count). The molecule has 24 heavy (non-hydrogen) atoms. The number of carbonyl (C=O) groups excluding carboxylic acids is 1. The average molecular weight is 332 g/mol. The zero-order chi connectivity index (χ0) is 17.1. The molecule has 3 heterocycles. The molecule has 2 fully saturated rings. The lowest BCUT2D eigenvalue weighted by Gasteiger charge is -2.21. The van der Waals surface area contributed by atoms with Crippen LogP contribution in [-0.2, 0) is 14.3 Å². The lowest BCUT2D eigenvalue weighted by Crippen LogP contribution is -2.40. The first-order chi connectivity index (χ1) is 11.6. The molecule has 0 spiro atoms. The van der Waals surface area contributed by atoms with Gasteiger partial charge in [0.2, 0.25) is 11.8 Å². The quantitative estimate of drug-likeness (QED) is 0.836. The fraction of sp³-hybridized carbons (Fsp3) is 0.562. The van der Waals surface area contributed by atoms with Crippen LogP contribution in [0.25, 0.3) is 0 Å². The zero-order valence-electron chi connectivity index (χ0n) is 13.7. The summed E-state index contributed by atoms with van der Waals surface area (Å²) < 4.78 is 17.0. The molecule has 1 aromatic heterocycles. The van der Waals surface area contributed by atoms with Crippen LogP contribution in [0.2, 0.25) is 0 Å². The molecule has 2 aliphatic heterocycles. The molecule has 0 saturated carbocycles. The zero-order valence-corrected chi connectivity index (χ0v) is 13.7. The molecule has 2 atom stereocenters. The van der Waals surface area contributed by atoms with Crippen molar-refractivity contribution in [2.24, 2.45) is 0 Å². The lowest BCUT2D eigenvalue weighted by molar-refractivity contribution is -0.120. The Balaban J connectivity index is 1.72. The first-order valence-electron chi connectivity index (χ1n) is 7.80. The van der Waals surface area contributed by atoms with Crippen molar-refractivity contribution in [2.75, 3.05) is 38.3 Å². The predicted octanol–water partition coefficient (Wildman–Crippen LogP) is 0.0706. The molecule has 0 unspecified atom stereocenters. The minimum atomic E-state index is -0.128. The predicted molar refractivity (Wildman–Crippen MR) is 84.8 cm³/mol. The maximum absolute atomic E-state index is 11.2. The maximum Gasteiger partial charge on any atom is 0.233 e. The number of hydrogen-bond donors (Lipinski definition) is 1. The van der Waals surface area contributed by atoms with E-state index in [2.05, 4.69) is 21.3 Å². The number of anilines is 1. The van der Waals surface area contributed by atoms with E-state index in [1.807, 2.05) is 0 Å². The third-order valence-corrected chi connectivity index (χ3v) is 4.19. The van der Waals surface area contributed by atoms with Crippen molar-refractivity contribution in [3.8, 4) is 11.9 Å². The highest BCUT2D eigenvalue weighted by Gasteiger charge is 2.38. The number of rotatable bonds is 3. The highest BCUT2D eigenvalue weighted by atomic mass is 16.6. The molecular weight excluding hydrogens is 312 g/mol. The number of methoxy groups -OCH3 is 1. The van der Waals surface area contributed by atoms with Crippen molar-refractivity contribution in [1.29, 1.82) is 5.26 Å². The van der Waals surface area contributed by atoms with Gasteiger partial charge < -0.3 is 24.4 Å². The van der Waals surface area contributed by atoms with E-state index in [4.69, 9.17) is 14.2 Å². The van der Waals surface area contributed by atoms with Crippen molar-refractivity contribution in [1.82, 2.24) is 10.3 Å². The highest BCUT2D eigenvalue weighted by molar-refractivity contribution is 5.73. The summed E-state index contributed by atoms with van der Waals surface area (Å²) in [4.78, 5) is 17.3. The Bertz CT molecular complexity index is 644. The number of carbonyl (C=O) groups is 1. The van der Waals surface area contributed by atoms with Crippen LogP contribution in [-0.4, -0.2) is 62.6 Å². The second-order valence-electron chi connectivity index (χ2n) is 5.87. The number of amides is 1. The van der Waals surface area contributed by atoms with Gasteiger partial charge in [-0.3, -0.25) is 4.79 Å². The van der Waals surface area contributed by atoms with Crippen LogP contribution in [0.15, 0.2) is 12.3 Å². The molecule has 2 aliphatic rings. The summed E-state index contributed by atoms with van der Waals surface area (Å²) in [6.07, 6.45) is 1.42. The number of nitrogens with zero attached hydrogens (tertiary/aromatic N) is 3. The molecule has 8 nitrogen and oxygen atoms in total. The average Bonchev–Trinajstić information content (AvgIpc) is 2.90. The fourth-order valence-corrected chi connectivity index (χ4v) is 3.12. The monoisotopic (exact) mass is 332 g/mol. The number of ether oxygens (including phenoxy) is 3. The summed E-state index contributed by atoms with van der Waals surface area (Å²) in [6.45, 7) is 3.53. The maximum atomic E-state index is 11.2. The number of fused-ring (bicyclic) bond motifs is 1. The van der Waals surface area contributed by atoms with Crippen molar-refractivity contribution < 1.29 is 19.0 Å². The van der Waals surface area contributed by atoms with Crippen LogP contribution in [0, 0.1) is 11.3 Å². The number of hydrogen-bond acceptors (Lipinski definition) is 7. The smallest absolute Gasteiger partial charge is 0.233 e. The third kappa shape index (κ3) is 3.27. The minimum absolute atomic E-state index is 0.0940. The molecule has 8 heteroatoms. The second kappa shape index (κ2) is 7.03. The third-order valence-electron chi connectivity index (χ3n) is 4.19. The fourth-order valence-electron chi connectivity index (χ4n) is 3.12. The minimum Gasteiger partial charge on any atom is -0.480 e. The molecular formula is C16H20N4O4. The van der Waals surface area contributed by atoms with E-state index in [0.717, 1.165) is 5.69 Å². The SMILES string of the molecule is COc1nccc(N2C[C@@H]3OCC(NC(C)=O)CO[C@H]3C2)c1C#N. The highest BCUT2D eigenvalue weighted by Crippen LogP contribution is 2.31.